The predicted octanol–water partition coefficient (Wildman–Crippen LogP) is 3.02. The molecular weight excluding hydrogens is 244 g/mol. The lowest BCUT2D eigenvalue weighted by molar-refractivity contribution is 0.230. The van der Waals surface area contributed by atoms with Gasteiger partial charge in [-0.2, -0.15) is 0 Å². The number of nitrogens with one attached hydrogen (secondary N) is 1. The van der Waals surface area contributed by atoms with Gasteiger partial charge in [-0.15, -0.1) is 4.91 Å². The van der Waals surface area contributed by atoms with Crippen LogP contribution in [0.2, 0.25) is 0 Å². The molecule has 0 bridgehead atoms. The molecule has 1 aromatic rings. The second kappa shape index (κ2) is 6.72. The van der Waals surface area contributed by atoms with Crippen LogP contribution < -0.4 is 10.2 Å². The number of nitrogens with zero attached hydrogens (tertiary/aromatic N) is 3. The van der Waals surface area contributed by atoms with Crippen LogP contribution in [0, 0.1) is 4.91 Å². The van der Waals surface area contributed by atoms with Crippen LogP contribution in [0.3, 0.4) is 0 Å². The van der Waals surface area contributed by atoms with Crippen LogP contribution in [-0.2, 0) is 0 Å². The Bertz CT molecular complexity index is 456. The van der Waals surface area contributed by atoms with Crippen LogP contribution in [0.1, 0.15) is 13.8 Å². The molecule has 2 amide bonds. The summed E-state index contributed by atoms with van der Waals surface area (Å²) in [4.78, 5) is 26.0. The standard InChI is InChI=1S/C13H20N4O2/c1-5-17(6-2)10-7-8-11(15-19)12(9-10)14-13(18)16(3)4/h7-9H,5-6H2,1-4H3,(H,14,18). The van der Waals surface area contributed by atoms with E-state index in [4.69, 9.17) is 0 Å². The highest BCUT2D eigenvalue weighted by molar-refractivity contribution is 5.93. The van der Waals surface area contributed by atoms with Crippen LogP contribution in [0.15, 0.2) is 23.4 Å². The number of benzene rings is 1. The van der Waals surface area contributed by atoms with Crippen molar-refractivity contribution in [3.63, 3.8) is 0 Å². The maximum absolute atomic E-state index is 11.7. The molecular formula is C13H20N4O2. The number of rotatable bonds is 5. The van der Waals surface area contributed by atoms with E-state index in [1.807, 2.05) is 19.9 Å². The third-order valence-electron chi connectivity index (χ3n) is 2.85. The number of hydrogen-bond acceptors (Lipinski definition) is 4. The quantitative estimate of drug-likeness (QED) is 0.831. The molecule has 0 aliphatic rings. The molecule has 1 rings (SSSR count). The Labute approximate surface area is 113 Å². The molecule has 0 radical (unpaired) electrons. The summed E-state index contributed by atoms with van der Waals surface area (Å²) >= 11 is 0. The van der Waals surface area contributed by atoms with Gasteiger partial charge in [0.15, 0.2) is 0 Å². The van der Waals surface area contributed by atoms with Crippen LogP contribution in [-0.4, -0.2) is 38.1 Å². The van der Waals surface area contributed by atoms with E-state index >= 15 is 0 Å². The molecule has 0 fully saturated rings. The molecule has 0 aromatic heterocycles. The molecule has 0 atom stereocenters. The summed E-state index contributed by atoms with van der Waals surface area (Å²) in [5.74, 6) is 0. The van der Waals surface area contributed by atoms with E-state index in [1.165, 1.54) is 4.90 Å². The molecule has 0 aliphatic heterocycles. The zero-order valence-corrected chi connectivity index (χ0v) is 11.8. The van der Waals surface area contributed by atoms with Crippen molar-refractivity contribution < 1.29 is 4.79 Å². The van der Waals surface area contributed by atoms with E-state index in [1.54, 1.807) is 26.2 Å². The first-order valence-electron chi connectivity index (χ1n) is 6.24. The highest BCUT2D eigenvalue weighted by Crippen LogP contribution is 2.30. The van der Waals surface area contributed by atoms with Crippen LogP contribution >= 0.6 is 0 Å². The summed E-state index contributed by atoms with van der Waals surface area (Å²) in [5, 5.41) is 5.60. The minimum absolute atomic E-state index is 0.228. The van der Waals surface area contributed by atoms with Crippen molar-refractivity contribution in [1.29, 1.82) is 0 Å². The monoisotopic (exact) mass is 264 g/mol. The Balaban J connectivity index is 3.09. The zero-order valence-electron chi connectivity index (χ0n) is 11.8. The van der Waals surface area contributed by atoms with Gasteiger partial charge in [-0.25, -0.2) is 4.79 Å². The average Bonchev–Trinajstić information content (AvgIpc) is 2.40. The number of urea groups is 1. The molecule has 6 nitrogen and oxygen atoms in total. The maximum Gasteiger partial charge on any atom is 0.321 e. The van der Waals surface area contributed by atoms with Gasteiger partial charge in [0.05, 0.1) is 5.69 Å². The summed E-state index contributed by atoms with van der Waals surface area (Å²) in [7, 11) is 3.27. The first-order chi connectivity index (χ1) is 9.03. The molecule has 0 spiro atoms. The summed E-state index contributed by atoms with van der Waals surface area (Å²) in [6, 6.07) is 4.92. The first kappa shape index (κ1) is 14.9. The molecule has 1 aromatic carbocycles. The number of anilines is 2. The lowest BCUT2D eigenvalue weighted by atomic mass is 10.2. The Hall–Kier alpha value is -2.11. The van der Waals surface area contributed by atoms with Crippen LogP contribution in [0.5, 0.6) is 0 Å². The lowest BCUT2D eigenvalue weighted by Gasteiger charge is -2.22. The number of hydrogen-bond donors (Lipinski definition) is 1. The van der Waals surface area contributed by atoms with Gasteiger partial charge < -0.3 is 15.1 Å². The number of carbonyl (C=O) groups excluding carboxylic acids is 1. The van der Waals surface area contributed by atoms with E-state index in [9.17, 15) is 9.70 Å². The van der Waals surface area contributed by atoms with E-state index in [2.05, 4.69) is 15.4 Å². The van der Waals surface area contributed by atoms with Crippen molar-refractivity contribution in [2.24, 2.45) is 5.18 Å². The maximum atomic E-state index is 11.7. The van der Waals surface area contributed by atoms with Crippen molar-refractivity contribution in [2.75, 3.05) is 37.4 Å². The van der Waals surface area contributed by atoms with Gasteiger partial charge in [0.2, 0.25) is 0 Å². The highest BCUT2D eigenvalue weighted by Gasteiger charge is 2.11. The average molecular weight is 264 g/mol. The van der Waals surface area contributed by atoms with Crippen molar-refractivity contribution in [1.82, 2.24) is 4.90 Å². The van der Waals surface area contributed by atoms with Crippen molar-refractivity contribution in [2.45, 2.75) is 13.8 Å². The molecule has 0 aliphatic carbocycles. The van der Waals surface area contributed by atoms with Crippen molar-refractivity contribution >= 4 is 23.1 Å². The molecule has 0 unspecified atom stereocenters. The Kier molecular flexibility index (Phi) is 5.29. The Morgan fingerprint density at radius 1 is 1.26 bits per heavy atom. The molecule has 0 saturated heterocycles. The van der Waals surface area contributed by atoms with Gasteiger partial charge in [0, 0.05) is 32.9 Å². The Morgan fingerprint density at radius 2 is 1.89 bits per heavy atom. The molecule has 6 heteroatoms. The van der Waals surface area contributed by atoms with Crippen LogP contribution in [0.4, 0.5) is 21.9 Å². The summed E-state index contributed by atoms with van der Waals surface area (Å²) in [6.45, 7) is 5.80. The van der Waals surface area contributed by atoms with Gasteiger partial charge in [0.25, 0.3) is 0 Å². The fourth-order valence-corrected chi connectivity index (χ4v) is 1.72. The summed E-state index contributed by atoms with van der Waals surface area (Å²) < 4.78 is 0. The van der Waals surface area contributed by atoms with Gasteiger partial charge in [-0.1, -0.05) is 0 Å². The second-order valence-corrected chi connectivity index (χ2v) is 4.29. The Morgan fingerprint density at radius 3 is 2.37 bits per heavy atom. The number of nitroso groups, excluding NO2 is 1. The number of amides is 2. The number of carbonyl (C=O) groups is 1. The molecule has 0 heterocycles. The molecule has 19 heavy (non-hydrogen) atoms. The highest BCUT2D eigenvalue weighted by atomic mass is 16.3. The van der Waals surface area contributed by atoms with E-state index in [-0.39, 0.29) is 11.7 Å². The fourth-order valence-electron chi connectivity index (χ4n) is 1.72. The largest absolute Gasteiger partial charge is 0.372 e. The second-order valence-electron chi connectivity index (χ2n) is 4.29. The lowest BCUT2D eigenvalue weighted by Crippen LogP contribution is -2.27. The van der Waals surface area contributed by atoms with Crippen molar-refractivity contribution in [3.05, 3.63) is 23.1 Å². The SMILES string of the molecule is CCN(CC)c1ccc(N=O)c(NC(=O)N(C)C)c1. The summed E-state index contributed by atoms with van der Waals surface area (Å²) in [5.41, 5.74) is 1.61. The van der Waals surface area contributed by atoms with Crippen molar-refractivity contribution in [3.8, 4) is 0 Å². The third kappa shape index (κ3) is 3.67. The predicted molar refractivity (Wildman–Crippen MR) is 78.2 cm³/mol. The molecule has 104 valence electrons. The van der Waals surface area contributed by atoms with Gasteiger partial charge >= 0.3 is 6.03 Å². The van der Waals surface area contributed by atoms with Gasteiger partial charge in [-0.05, 0) is 37.2 Å². The van der Waals surface area contributed by atoms with Gasteiger partial charge in [-0.3, -0.25) is 0 Å². The van der Waals surface area contributed by atoms with E-state index in [0.717, 1.165) is 18.8 Å². The molecule has 0 saturated carbocycles. The summed E-state index contributed by atoms with van der Waals surface area (Å²) in [6.07, 6.45) is 0. The zero-order chi connectivity index (χ0) is 14.4. The minimum atomic E-state index is -0.290. The van der Waals surface area contributed by atoms with Gasteiger partial charge in [0.1, 0.15) is 5.69 Å². The molecule has 1 N–H and O–H groups in total. The third-order valence-corrected chi connectivity index (χ3v) is 2.85. The fraction of sp³-hybridized carbons (Fsp3) is 0.462. The van der Waals surface area contributed by atoms with E-state index in [0.29, 0.717) is 5.69 Å². The topological polar surface area (TPSA) is 65.0 Å². The smallest absolute Gasteiger partial charge is 0.321 e. The first-order valence-corrected chi connectivity index (χ1v) is 6.24. The van der Waals surface area contributed by atoms with E-state index < -0.39 is 0 Å². The van der Waals surface area contributed by atoms with Crippen LogP contribution in [0.25, 0.3) is 0 Å². The normalized spacial score (nSPS) is 9.89. The minimum Gasteiger partial charge on any atom is -0.372 e.